The third-order valence-electron chi connectivity index (χ3n) is 6.38. The largest absolute Gasteiger partial charge is 0.491 e. The van der Waals surface area contributed by atoms with Gasteiger partial charge in [0, 0.05) is 44.1 Å². The van der Waals surface area contributed by atoms with Gasteiger partial charge in [0.1, 0.15) is 11.5 Å². The van der Waals surface area contributed by atoms with Gasteiger partial charge >= 0.3 is 0 Å². The number of guanidine groups is 1. The first-order chi connectivity index (χ1) is 17.5. The Balaban J connectivity index is 1.32. The smallest absolute Gasteiger partial charge is 0.259 e. The van der Waals surface area contributed by atoms with Crippen LogP contribution in [0.15, 0.2) is 46.6 Å². The number of hydrogen-bond donors (Lipinski definition) is 1. The summed E-state index contributed by atoms with van der Waals surface area (Å²) < 4.78 is 17.7. The molecule has 3 aliphatic rings. The van der Waals surface area contributed by atoms with E-state index in [1.165, 1.54) is 6.20 Å². The minimum atomic E-state index is -0.283. The van der Waals surface area contributed by atoms with E-state index in [0.29, 0.717) is 48.4 Å². The van der Waals surface area contributed by atoms with Gasteiger partial charge in [-0.3, -0.25) is 29.9 Å². The molecule has 5 rings (SSSR count). The third kappa shape index (κ3) is 5.05. The molecule has 0 spiro atoms. The Morgan fingerprint density at radius 2 is 2.06 bits per heavy atom. The molecule has 1 N–H and O–H groups in total. The van der Waals surface area contributed by atoms with Crippen molar-refractivity contribution in [3.8, 4) is 11.5 Å². The Hall–Kier alpha value is -3.50. The number of aliphatic imine (C=N–C) groups is 2. The maximum Gasteiger partial charge on any atom is 0.259 e. The predicted octanol–water partition coefficient (Wildman–Crippen LogP) is 2.46. The van der Waals surface area contributed by atoms with Crippen LogP contribution < -0.4 is 14.8 Å². The molecule has 1 saturated heterocycles. The monoisotopic (exact) mass is 492 g/mol. The molecule has 1 unspecified atom stereocenters. The van der Waals surface area contributed by atoms with Gasteiger partial charge in [0.25, 0.3) is 5.91 Å². The number of hydrogen-bond acceptors (Lipinski definition) is 9. The summed E-state index contributed by atoms with van der Waals surface area (Å²) in [5.41, 5.74) is 1.91. The van der Waals surface area contributed by atoms with Gasteiger partial charge in [-0.1, -0.05) is 0 Å². The molecule has 0 aliphatic carbocycles. The van der Waals surface area contributed by atoms with E-state index >= 15 is 0 Å². The first-order valence-electron chi connectivity index (χ1n) is 12.4. The quantitative estimate of drug-likeness (QED) is 0.593. The number of methoxy groups -OCH3 is 1. The summed E-state index contributed by atoms with van der Waals surface area (Å²) in [6.07, 6.45) is 4.54. The van der Waals surface area contributed by atoms with E-state index in [0.717, 1.165) is 37.5 Å². The zero-order valence-corrected chi connectivity index (χ0v) is 20.9. The molecular formula is C26H32N6O4. The lowest BCUT2D eigenvalue weighted by molar-refractivity contribution is -0.0686. The fraction of sp³-hybridized carbons (Fsp3) is 0.462. The number of nitrogens with zero attached hydrogens (tertiary/aromatic N) is 5. The fourth-order valence-corrected chi connectivity index (χ4v) is 4.91. The highest BCUT2D eigenvalue weighted by Gasteiger charge is 2.33. The minimum absolute atomic E-state index is 0.249. The summed E-state index contributed by atoms with van der Waals surface area (Å²) in [5.74, 6) is 2.05. The summed E-state index contributed by atoms with van der Waals surface area (Å²) in [4.78, 5) is 30.6. The number of aromatic nitrogens is 1. The molecule has 0 saturated carbocycles. The SMILES string of the molecule is COc1c(OCCCN2CC(C)O[C@@H](C)C2)ccc2c1N=C(NC(=O)c1cccnc1)N1CCN=C21. The molecule has 0 bridgehead atoms. The standard InChI is InChI=1S/C26H32N6O4/c1-17-15-31(16-18(2)36-17)11-5-13-35-21-8-7-20-22(23(21)34-3)29-26(32-12-10-28-24(20)32)30-25(33)19-6-4-9-27-14-19/h4,6-9,14,17-18H,5,10-13,15-16H2,1-3H3,(H,29,30,33)/t17-,18?/m0/s1. The maximum absolute atomic E-state index is 12.8. The second kappa shape index (κ2) is 10.6. The number of ether oxygens (including phenoxy) is 3. The number of carbonyl (C=O) groups excluding carboxylic acids is 1. The summed E-state index contributed by atoms with van der Waals surface area (Å²) in [7, 11) is 1.60. The van der Waals surface area contributed by atoms with Crippen molar-refractivity contribution in [1.29, 1.82) is 0 Å². The molecule has 2 atom stereocenters. The van der Waals surface area contributed by atoms with Gasteiger partial charge in [0.15, 0.2) is 11.5 Å². The first kappa shape index (κ1) is 24.2. The van der Waals surface area contributed by atoms with Crippen LogP contribution >= 0.6 is 0 Å². The van der Waals surface area contributed by atoms with Gasteiger partial charge in [-0.05, 0) is 44.5 Å². The van der Waals surface area contributed by atoms with E-state index < -0.39 is 0 Å². The molecule has 1 aromatic heterocycles. The van der Waals surface area contributed by atoms with E-state index in [-0.39, 0.29) is 18.1 Å². The highest BCUT2D eigenvalue weighted by molar-refractivity contribution is 6.20. The van der Waals surface area contributed by atoms with Gasteiger partial charge in [-0.15, -0.1) is 0 Å². The average molecular weight is 493 g/mol. The Bertz CT molecular complexity index is 1160. The van der Waals surface area contributed by atoms with Crippen LogP contribution in [0.4, 0.5) is 5.69 Å². The van der Waals surface area contributed by atoms with Crippen molar-refractivity contribution in [2.24, 2.45) is 9.98 Å². The van der Waals surface area contributed by atoms with Crippen molar-refractivity contribution in [2.45, 2.75) is 32.5 Å². The number of carbonyl (C=O) groups is 1. The molecule has 4 heterocycles. The van der Waals surface area contributed by atoms with Crippen LogP contribution in [0.2, 0.25) is 0 Å². The lowest BCUT2D eigenvalue weighted by atomic mass is 10.1. The van der Waals surface area contributed by atoms with Crippen molar-refractivity contribution in [3.63, 3.8) is 0 Å². The Kier molecular flexibility index (Phi) is 7.15. The molecule has 1 fully saturated rings. The zero-order chi connectivity index (χ0) is 25.1. The van der Waals surface area contributed by atoms with Crippen LogP contribution in [-0.4, -0.2) is 91.1 Å². The number of amides is 1. The number of benzene rings is 1. The second-order valence-electron chi connectivity index (χ2n) is 9.20. The fourth-order valence-electron chi connectivity index (χ4n) is 4.91. The highest BCUT2D eigenvalue weighted by atomic mass is 16.5. The summed E-state index contributed by atoms with van der Waals surface area (Å²) in [5, 5.41) is 2.92. The van der Waals surface area contributed by atoms with E-state index in [1.807, 2.05) is 17.0 Å². The Labute approximate surface area is 211 Å². The predicted molar refractivity (Wildman–Crippen MR) is 136 cm³/mol. The minimum Gasteiger partial charge on any atom is -0.491 e. The lowest BCUT2D eigenvalue weighted by Crippen LogP contribution is -2.47. The lowest BCUT2D eigenvalue weighted by Gasteiger charge is -2.35. The van der Waals surface area contributed by atoms with E-state index in [1.54, 1.807) is 25.4 Å². The molecular weight excluding hydrogens is 460 g/mol. The van der Waals surface area contributed by atoms with Crippen molar-refractivity contribution in [2.75, 3.05) is 46.4 Å². The van der Waals surface area contributed by atoms with Crippen LogP contribution in [0, 0.1) is 0 Å². The van der Waals surface area contributed by atoms with Crippen molar-refractivity contribution >= 4 is 23.4 Å². The van der Waals surface area contributed by atoms with Gasteiger partial charge < -0.3 is 14.2 Å². The van der Waals surface area contributed by atoms with Crippen LogP contribution in [0.3, 0.4) is 0 Å². The number of fused-ring (bicyclic) bond motifs is 3. The third-order valence-corrected chi connectivity index (χ3v) is 6.38. The second-order valence-corrected chi connectivity index (χ2v) is 9.20. The molecule has 190 valence electrons. The maximum atomic E-state index is 12.8. The summed E-state index contributed by atoms with van der Waals surface area (Å²) >= 11 is 0. The van der Waals surface area contributed by atoms with Crippen molar-refractivity contribution < 1.29 is 19.0 Å². The van der Waals surface area contributed by atoms with Gasteiger partial charge in [-0.2, -0.15) is 0 Å². The van der Waals surface area contributed by atoms with Crippen LogP contribution in [0.25, 0.3) is 0 Å². The van der Waals surface area contributed by atoms with E-state index in [9.17, 15) is 4.79 Å². The number of nitrogens with one attached hydrogen (secondary N) is 1. The zero-order valence-electron chi connectivity index (χ0n) is 20.9. The average Bonchev–Trinajstić information content (AvgIpc) is 3.37. The van der Waals surface area contributed by atoms with Crippen molar-refractivity contribution in [1.82, 2.24) is 20.1 Å². The topological polar surface area (TPSA) is 101 Å². The summed E-state index contributed by atoms with van der Waals surface area (Å²) in [6.45, 7) is 8.86. The normalized spacial score (nSPS) is 21.2. The molecule has 2 aromatic rings. The molecule has 36 heavy (non-hydrogen) atoms. The number of rotatable bonds is 7. The summed E-state index contributed by atoms with van der Waals surface area (Å²) in [6, 6.07) is 7.30. The molecule has 3 aliphatic heterocycles. The molecule has 10 nitrogen and oxygen atoms in total. The van der Waals surface area contributed by atoms with Crippen LogP contribution in [-0.2, 0) is 4.74 Å². The van der Waals surface area contributed by atoms with Crippen LogP contribution in [0.5, 0.6) is 11.5 Å². The Morgan fingerprint density at radius 3 is 2.81 bits per heavy atom. The first-order valence-corrected chi connectivity index (χ1v) is 12.4. The highest BCUT2D eigenvalue weighted by Crippen LogP contribution is 2.43. The molecule has 10 heteroatoms. The van der Waals surface area contributed by atoms with Crippen LogP contribution in [0.1, 0.15) is 36.2 Å². The van der Waals surface area contributed by atoms with Gasteiger partial charge in [0.05, 0.1) is 38.0 Å². The van der Waals surface area contributed by atoms with E-state index in [2.05, 4.69) is 34.0 Å². The molecule has 0 radical (unpaired) electrons. The van der Waals surface area contributed by atoms with E-state index in [4.69, 9.17) is 19.2 Å². The van der Waals surface area contributed by atoms with Crippen molar-refractivity contribution in [3.05, 3.63) is 47.8 Å². The number of morpholine rings is 1. The Morgan fingerprint density at radius 1 is 1.22 bits per heavy atom. The van der Waals surface area contributed by atoms with Gasteiger partial charge in [-0.25, -0.2) is 4.99 Å². The molecule has 1 amide bonds. The number of amidine groups is 1. The molecule has 1 aromatic carbocycles. The number of pyridine rings is 1. The van der Waals surface area contributed by atoms with Gasteiger partial charge in [0.2, 0.25) is 5.96 Å².